The number of nitrogens with two attached hydrogens (primary N) is 1. The summed E-state index contributed by atoms with van der Waals surface area (Å²) in [4.78, 5) is 0. The molecule has 2 rings (SSSR count). The third-order valence-corrected chi connectivity index (χ3v) is 2.58. The first kappa shape index (κ1) is 11.7. The summed E-state index contributed by atoms with van der Waals surface area (Å²) in [5, 5.41) is 0. The van der Waals surface area contributed by atoms with E-state index in [9.17, 15) is 8.78 Å². The smallest absolute Gasteiger partial charge is 0.159 e. The minimum Gasteiger partial charge on any atom is -0.271 e. The van der Waals surface area contributed by atoms with Crippen molar-refractivity contribution in [3.05, 3.63) is 71.3 Å². The standard InChI is InChI=1S/C13H12F2N2/c14-11-7-6-10(8-12(11)15)13(17-16)9-4-2-1-3-5-9/h1-8,13,17H,16H2/t13-/m0/s1. The molecule has 2 aromatic rings. The van der Waals surface area contributed by atoms with Crippen molar-refractivity contribution in [2.24, 2.45) is 5.84 Å². The average molecular weight is 234 g/mol. The van der Waals surface area contributed by atoms with Crippen LogP contribution < -0.4 is 11.3 Å². The van der Waals surface area contributed by atoms with Crippen molar-refractivity contribution < 1.29 is 8.78 Å². The number of hydrogen-bond acceptors (Lipinski definition) is 2. The first-order valence-electron chi connectivity index (χ1n) is 5.18. The van der Waals surface area contributed by atoms with Gasteiger partial charge >= 0.3 is 0 Å². The Hall–Kier alpha value is -1.78. The molecule has 0 saturated carbocycles. The van der Waals surface area contributed by atoms with E-state index >= 15 is 0 Å². The van der Waals surface area contributed by atoms with Crippen LogP contribution in [0.15, 0.2) is 48.5 Å². The van der Waals surface area contributed by atoms with Crippen molar-refractivity contribution in [2.45, 2.75) is 6.04 Å². The molecule has 17 heavy (non-hydrogen) atoms. The lowest BCUT2D eigenvalue weighted by Crippen LogP contribution is -2.28. The minimum atomic E-state index is -0.876. The molecule has 0 fully saturated rings. The van der Waals surface area contributed by atoms with Crippen LogP contribution in [0.3, 0.4) is 0 Å². The van der Waals surface area contributed by atoms with Gasteiger partial charge in [0.1, 0.15) is 0 Å². The zero-order chi connectivity index (χ0) is 12.3. The maximum absolute atomic E-state index is 13.1. The van der Waals surface area contributed by atoms with Crippen molar-refractivity contribution in [2.75, 3.05) is 0 Å². The molecule has 0 unspecified atom stereocenters. The summed E-state index contributed by atoms with van der Waals surface area (Å²) in [7, 11) is 0. The van der Waals surface area contributed by atoms with E-state index in [4.69, 9.17) is 5.84 Å². The highest BCUT2D eigenvalue weighted by Gasteiger charge is 2.13. The van der Waals surface area contributed by atoms with Crippen LogP contribution in [0, 0.1) is 11.6 Å². The zero-order valence-electron chi connectivity index (χ0n) is 9.03. The summed E-state index contributed by atoms with van der Waals surface area (Å²) in [5.41, 5.74) is 4.06. The fraction of sp³-hybridized carbons (Fsp3) is 0.0769. The maximum Gasteiger partial charge on any atom is 0.159 e. The van der Waals surface area contributed by atoms with Crippen LogP contribution in [0.25, 0.3) is 0 Å². The van der Waals surface area contributed by atoms with Gasteiger partial charge in [0.15, 0.2) is 11.6 Å². The lowest BCUT2D eigenvalue weighted by atomic mass is 9.99. The molecule has 88 valence electrons. The molecule has 0 radical (unpaired) electrons. The zero-order valence-corrected chi connectivity index (χ0v) is 9.03. The van der Waals surface area contributed by atoms with E-state index in [-0.39, 0.29) is 6.04 Å². The summed E-state index contributed by atoms with van der Waals surface area (Å²) in [6, 6.07) is 12.7. The molecule has 0 aliphatic carbocycles. The number of benzene rings is 2. The van der Waals surface area contributed by atoms with Gasteiger partial charge in [-0.3, -0.25) is 5.84 Å². The fourth-order valence-electron chi connectivity index (χ4n) is 1.72. The van der Waals surface area contributed by atoms with E-state index in [0.717, 1.165) is 17.7 Å². The van der Waals surface area contributed by atoms with Gasteiger partial charge in [0.2, 0.25) is 0 Å². The summed E-state index contributed by atoms with van der Waals surface area (Å²) in [6.45, 7) is 0. The van der Waals surface area contributed by atoms with E-state index in [1.807, 2.05) is 30.3 Å². The number of rotatable bonds is 3. The third-order valence-electron chi connectivity index (χ3n) is 2.58. The van der Waals surface area contributed by atoms with Crippen molar-refractivity contribution in [1.82, 2.24) is 5.43 Å². The van der Waals surface area contributed by atoms with Gasteiger partial charge in [-0.2, -0.15) is 0 Å². The molecule has 2 aromatic carbocycles. The topological polar surface area (TPSA) is 38.0 Å². The highest BCUT2D eigenvalue weighted by molar-refractivity contribution is 5.32. The second-order valence-corrected chi connectivity index (χ2v) is 3.68. The second kappa shape index (κ2) is 5.03. The van der Waals surface area contributed by atoms with Gasteiger partial charge < -0.3 is 0 Å². The fourth-order valence-corrected chi connectivity index (χ4v) is 1.72. The molecular weight excluding hydrogens is 222 g/mol. The predicted molar refractivity (Wildman–Crippen MR) is 62.0 cm³/mol. The van der Waals surface area contributed by atoms with Crippen molar-refractivity contribution in [3.8, 4) is 0 Å². The summed E-state index contributed by atoms with van der Waals surface area (Å²) in [5.74, 6) is 3.72. The number of hydrogen-bond donors (Lipinski definition) is 2. The van der Waals surface area contributed by atoms with Gasteiger partial charge in [-0.1, -0.05) is 36.4 Å². The third kappa shape index (κ3) is 2.49. The molecule has 2 nitrogen and oxygen atoms in total. The van der Waals surface area contributed by atoms with E-state index in [0.29, 0.717) is 5.56 Å². The summed E-state index contributed by atoms with van der Waals surface area (Å²) in [6.07, 6.45) is 0. The SMILES string of the molecule is NN[C@@H](c1ccccc1)c1ccc(F)c(F)c1. The quantitative estimate of drug-likeness (QED) is 0.632. The Balaban J connectivity index is 2.39. The second-order valence-electron chi connectivity index (χ2n) is 3.68. The van der Waals surface area contributed by atoms with Crippen LogP contribution >= 0.6 is 0 Å². The average Bonchev–Trinajstić information content (AvgIpc) is 2.36. The van der Waals surface area contributed by atoms with Crippen LogP contribution in [0.4, 0.5) is 8.78 Å². The Morgan fingerprint density at radius 2 is 1.59 bits per heavy atom. The molecular formula is C13H12F2N2. The number of halogens is 2. The van der Waals surface area contributed by atoms with E-state index in [1.165, 1.54) is 6.07 Å². The van der Waals surface area contributed by atoms with Crippen LogP contribution in [0.1, 0.15) is 17.2 Å². The molecule has 3 N–H and O–H groups in total. The Bertz CT molecular complexity index is 500. The van der Waals surface area contributed by atoms with Crippen LogP contribution in [-0.2, 0) is 0 Å². The van der Waals surface area contributed by atoms with Crippen LogP contribution in [-0.4, -0.2) is 0 Å². The van der Waals surface area contributed by atoms with Crippen LogP contribution in [0.2, 0.25) is 0 Å². The maximum atomic E-state index is 13.1. The van der Waals surface area contributed by atoms with Crippen molar-refractivity contribution in [3.63, 3.8) is 0 Å². The molecule has 4 heteroatoms. The molecule has 0 aliphatic heterocycles. The van der Waals surface area contributed by atoms with Gasteiger partial charge in [-0.25, -0.2) is 14.2 Å². The summed E-state index contributed by atoms with van der Waals surface area (Å²) < 4.78 is 26.0. The molecule has 0 saturated heterocycles. The minimum absolute atomic E-state index is 0.355. The Morgan fingerprint density at radius 3 is 2.18 bits per heavy atom. The van der Waals surface area contributed by atoms with Gasteiger partial charge in [0.05, 0.1) is 6.04 Å². The molecule has 0 aliphatic rings. The Morgan fingerprint density at radius 1 is 0.882 bits per heavy atom. The van der Waals surface area contributed by atoms with Crippen molar-refractivity contribution in [1.29, 1.82) is 0 Å². The van der Waals surface area contributed by atoms with E-state index in [1.54, 1.807) is 0 Å². The summed E-state index contributed by atoms with van der Waals surface area (Å²) >= 11 is 0. The van der Waals surface area contributed by atoms with E-state index < -0.39 is 11.6 Å². The number of hydrazine groups is 1. The predicted octanol–water partition coefficient (Wildman–Crippen LogP) is 2.52. The molecule has 0 amide bonds. The first-order chi connectivity index (χ1) is 8.22. The lowest BCUT2D eigenvalue weighted by Gasteiger charge is -2.16. The Kier molecular flexibility index (Phi) is 3.46. The van der Waals surface area contributed by atoms with Gasteiger partial charge in [-0.15, -0.1) is 0 Å². The number of nitrogens with one attached hydrogen (secondary N) is 1. The largest absolute Gasteiger partial charge is 0.271 e. The van der Waals surface area contributed by atoms with Gasteiger partial charge in [0.25, 0.3) is 0 Å². The highest BCUT2D eigenvalue weighted by atomic mass is 19.2. The highest BCUT2D eigenvalue weighted by Crippen LogP contribution is 2.22. The molecule has 1 atom stereocenters. The van der Waals surface area contributed by atoms with Gasteiger partial charge in [0, 0.05) is 0 Å². The molecule has 0 aromatic heterocycles. The molecule has 0 spiro atoms. The molecule has 0 bridgehead atoms. The Labute approximate surface area is 98.0 Å². The monoisotopic (exact) mass is 234 g/mol. The van der Waals surface area contributed by atoms with Gasteiger partial charge in [-0.05, 0) is 23.3 Å². The molecule has 0 heterocycles. The lowest BCUT2D eigenvalue weighted by molar-refractivity contribution is 0.504. The van der Waals surface area contributed by atoms with Crippen LogP contribution in [0.5, 0.6) is 0 Å². The first-order valence-corrected chi connectivity index (χ1v) is 5.18. The van der Waals surface area contributed by atoms with Crippen molar-refractivity contribution >= 4 is 0 Å². The normalized spacial score (nSPS) is 12.4. The van der Waals surface area contributed by atoms with E-state index in [2.05, 4.69) is 5.43 Å².